The van der Waals surface area contributed by atoms with Gasteiger partial charge in [-0.15, -0.1) is 0 Å². The van der Waals surface area contributed by atoms with Crippen molar-refractivity contribution in [1.82, 2.24) is 9.88 Å². The van der Waals surface area contributed by atoms with Crippen LogP contribution in [0.15, 0.2) is 58.2 Å². The van der Waals surface area contributed by atoms with Crippen LogP contribution in [-0.2, 0) is 16.6 Å². The highest BCUT2D eigenvalue weighted by Crippen LogP contribution is 2.41. The van der Waals surface area contributed by atoms with Gasteiger partial charge in [-0.2, -0.15) is 0 Å². The Bertz CT molecular complexity index is 1470. The fourth-order valence-corrected chi connectivity index (χ4v) is 5.50. The highest BCUT2D eigenvalue weighted by molar-refractivity contribution is 7.92. The van der Waals surface area contributed by atoms with E-state index in [-0.39, 0.29) is 22.1 Å². The zero-order valence-corrected chi connectivity index (χ0v) is 24.3. The first kappa shape index (κ1) is 30.0. The van der Waals surface area contributed by atoms with E-state index in [1.165, 1.54) is 12.1 Å². The monoisotopic (exact) mass is 557 g/mol. The Balaban J connectivity index is 2.35. The van der Waals surface area contributed by atoms with Crippen molar-refractivity contribution in [2.45, 2.75) is 71.9 Å². The van der Waals surface area contributed by atoms with Gasteiger partial charge in [-0.3, -0.25) is 9.52 Å². The third-order valence-electron chi connectivity index (χ3n) is 6.27. The van der Waals surface area contributed by atoms with Gasteiger partial charge in [0.25, 0.3) is 15.6 Å². The molecule has 3 rings (SSSR count). The van der Waals surface area contributed by atoms with Crippen LogP contribution in [0, 0.1) is 11.3 Å². The molecule has 10 heteroatoms. The molecule has 9 nitrogen and oxygen atoms in total. The molecule has 3 aromatic rings. The van der Waals surface area contributed by atoms with Gasteiger partial charge in [0.1, 0.15) is 5.75 Å². The highest BCUT2D eigenvalue weighted by Gasteiger charge is 2.35. The number of nitrogens with zero attached hydrogens (tertiary/aromatic N) is 1. The van der Waals surface area contributed by atoms with Gasteiger partial charge in [-0.1, -0.05) is 66.2 Å². The number of unbranched alkanes of at least 4 members (excludes halogenated alkanes) is 1. The zero-order chi connectivity index (χ0) is 29.0. The Morgan fingerprint density at radius 2 is 1.74 bits per heavy atom. The molecule has 2 aromatic carbocycles. The molecule has 0 bridgehead atoms. The molecule has 0 spiro atoms. The maximum atomic E-state index is 13.9. The second-order valence-corrected chi connectivity index (χ2v) is 12.8. The molecule has 1 amide bonds. The fourth-order valence-electron chi connectivity index (χ4n) is 4.43. The van der Waals surface area contributed by atoms with Crippen LogP contribution in [0.3, 0.4) is 0 Å². The quantitative estimate of drug-likeness (QED) is 0.249. The normalized spacial score (nSPS) is 12.9. The Hall–Kier alpha value is -3.53. The van der Waals surface area contributed by atoms with Crippen LogP contribution in [-0.4, -0.2) is 30.8 Å². The first-order valence-electron chi connectivity index (χ1n) is 13.2. The number of carbonyl (C=O) groups is 1. The summed E-state index contributed by atoms with van der Waals surface area (Å²) in [4.78, 5) is 25.9. The number of ether oxygens (including phenoxy) is 1. The van der Waals surface area contributed by atoms with Crippen molar-refractivity contribution >= 4 is 32.6 Å². The number of aromatic nitrogens is 1. The Morgan fingerprint density at radius 3 is 2.31 bits per heavy atom. The van der Waals surface area contributed by atoms with Gasteiger partial charge in [-0.05, 0) is 48.1 Å². The molecule has 1 atom stereocenters. The van der Waals surface area contributed by atoms with Crippen LogP contribution in [0.1, 0.15) is 66.1 Å². The number of hydrogen-bond donors (Lipinski definition) is 3. The minimum atomic E-state index is -3.88. The molecule has 1 heterocycles. The SMILES string of the molecule is CCCCOc1c(C(NC(=O)O)C(C)(C)C)n(CC(C)C)c(=O)c2ccc(NS(=O)(=O)c3ccccc3)cc12. The zero-order valence-electron chi connectivity index (χ0n) is 23.4. The maximum Gasteiger partial charge on any atom is 0.405 e. The molecular formula is C29H39N3O6S. The lowest BCUT2D eigenvalue weighted by Crippen LogP contribution is -2.40. The van der Waals surface area contributed by atoms with Gasteiger partial charge >= 0.3 is 6.09 Å². The first-order chi connectivity index (χ1) is 18.3. The lowest BCUT2D eigenvalue weighted by molar-refractivity contribution is 0.170. The molecule has 1 aromatic heterocycles. The Kier molecular flexibility index (Phi) is 9.32. The van der Waals surface area contributed by atoms with Crippen molar-refractivity contribution in [1.29, 1.82) is 0 Å². The molecular weight excluding hydrogens is 518 g/mol. The number of pyridine rings is 1. The highest BCUT2D eigenvalue weighted by atomic mass is 32.2. The van der Waals surface area contributed by atoms with Crippen LogP contribution < -0.4 is 20.3 Å². The lowest BCUT2D eigenvalue weighted by atomic mass is 9.83. The number of fused-ring (bicyclic) bond motifs is 1. The van der Waals surface area contributed by atoms with Gasteiger partial charge in [0.15, 0.2) is 0 Å². The molecule has 0 saturated carbocycles. The van der Waals surface area contributed by atoms with Crippen molar-refractivity contribution in [3.63, 3.8) is 0 Å². The summed E-state index contributed by atoms with van der Waals surface area (Å²) >= 11 is 0. The second kappa shape index (κ2) is 12.1. The van der Waals surface area contributed by atoms with Crippen LogP contribution >= 0.6 is 0 Å². The molecule has 0 aliphatic heterocycles. The van der Waals surface area contributed by atoms with Crippen LogP contribution in [0.4, 0.5) is 10.5 Å². The summed E-state index contributed by atoms with van der Waals surface area (Å²) in [5.74, 6) is 0.456. The van der Waals surface area contributed by atoms with E-state index in [2.05, 4.69) is 10.0 Å². The topological polar surface area (TPSA) is 127 Å². The number of anilines is 1. The van der Waals surface area contributed by atoms with Crippen LogP contribution in [0.25, 0.3) is 10.8 Å². The summed E-state index contributed by atoms with van der Waals surface area (Å²) in [6.45, 7) is 12.4. The minimum absolute atomic E-state index is 0.0878. The summed E-state index contributed by atoms with van der Waals surface area (Å²) < 4.78 is 36.6. The van der Waals surface area contributed by atoms with Crippen molar-refractivity contribution in [3.05, 3.63) is 64.6 Å². The molecule has 0 radical (unpaired) electrons. The number of rotatable bonds is 11. The summed E-state index contributed by atoms with van der Waals surface area (Å²) in [6.07, 6.45) is 0.399. The van der Waals surface area contributed by atoms with Gasteiger partial charge in [0, 0.05) is 17.6 Å². The third kappa shape index (κ3) is 7.11. The molecule has 0 fully saturated rings. The van der Waals surface area contributed by atoms with Crippen molar-refractivity contribution in [2.75, 3.05) is 11.3 Å². The summed E-state index contributed by atoms with van der Waals surface area (Å²) in [5.41, 5.74) is -0.227. The molecule has 0 saturated heterocycles. The minimum Gasteiger partial charge on any atom is -0.491 e. The molecule has 0 aliphatic rings. The standard InChI is InChI=1S/C29H39N3O6S/c1-7-8-16-38-25-23-17-20(31-39(36,37)21-12-10-9-11-13-21)14-15-22(23)27(33)32(18-19(2)3)24(25)26(29(4,5)6)30-28(34)35/h9-15,17,19,26,30-31H,7-8,16,18H2,1-6H3,(H,34,35). The Labute approximate surface area is 230 Å². The van der Waals surface area contributed by atoms with E-state index in [9.17, 15) is 23.1 Å². The van der Waals surface area contributed by atoms with Crippen LogP contribution in [0.5, 0.6) is 5.75 Å². The van der Waals surface area contributed by atoms with Crippen molar-refractivity contribution in [3.8, 4) is 5.75 Å². The summed E-state index contributed by atoms with van der Waals surface area (Å²) in [6, 6.07) is 11.9. The smallest absolute Gasteiger partial charge is 0.405 e. The van der Waals surface area contributed by atoms with E-state index in [1.807, 2.05) is 41.5 Å². The summed E-state index contributed by atoms with van der Waals surface area (Å²) in [7, 11) is -3.88. The third-order valence-corrected chi connectivity index (χ3v) is 7.67. The second-order valence-electron chi connectivity index (χ2n) is 11.2. The largest absolute Gasteiger partial charge is 0.491 e. The predicted molar refractivity (Wildman–Crippen MR) is 154 cm³/mol. The van der Waals surface area contributed by atoms with Gasteiger partial charge in [0.2, 0.25) is 0 Å². The van der Waals surface area contributed by atoms with Gasteiger partial charge < -0.3 is 19.7 Å². The van der Waals surface area contributed by atoms with E-state index < -0.39 is 27.6 Å². The fraction of sp³-hybridized carbons (Fsp3) is 0.448. The molecule has 1 unspecified atom stereocenters. The molecule has 39 heavy (non-hydrogen) atoms. The number of amides is 1. The van der Waals surface area contributed by atoms with E-state index in [0.29, 0.717) is 35.4 Å². The molecule has 0 aliphatic carbocycles. The maximum absolute atomic E-state index is 13.9. The van der Waals surface area contributed by atoms with Crippen molar-refractivity contribution < 1.29 is 23.1 Å². The number of hydrogen-bond acceptors (Lipinski definition) is 5. The number of sulfonamides is 1. The lowest BCUT2D eigenvalue weighted by Gasteiger charge is -2.34. The predicted octanol–water partition coefficient (Wildman–Crippen LogP) is 5.99. The van der Waals surface area contributed by atoms with E-state index in [0.717, 1.165) is 12.8 Å². The van der Waals surface area contributed by atoms with Gasteiger partial charge in [0.05, 0.1) is 28.6 Å². The average molecular weight is 558 g/mol. The average Bonchev–Trinajstić information content (AvgIpc) is 2.85. The van der Waals surface area contributed by atoms with E-state index in [1.54, 1.807) is 41.0 Å². The Morgan fingerprint density at radius 1 is 1.08 bits per heavy atom. The van der Waals surface area contributed by atoms with Crippen LogP contribution in [0.2, 0.25) is 0 Å². The number of benzene rings is 2. The van der Waals surface area contributed by atoms with E-state index in [4.69, 9.17) is 4.74 Å². The van der Waals surface area contributed by atoms with Gasteiger partial charge in [-0.25, -0.2) is 13.2 Å². The molecule has 212 valence electrons. The summed E-state index contributed by atoms with van der Waals surface area (Å²) in [5, 5.41) is 13.1. The first-order valence-corrected chi connectivity index (χ1v) is 14.6. The van der Waals surface area contributed by atoms with Crippen molar-refractivity contribution in [2.24, 2.45) is 11.3 Å². The molecule has 3 N–H and O–H groups in total. The van der Waals surface area contributed by atoms with E-state index >= 15 is 0 Å². The number of nitrogens with one attached hydrogen (secondary N) is 2. The number of carboxylic acid groups (broad SMARTS) is 1.